The number of amides is 2. The normalized spacial score (nSPS) is 15.1. The van der Waals surface area contributed by atoms with Crippen LogP contribution in [-0.4, -0.2) is 60.9 Å². The first-order valence-electron chi connectivity index (χ1n) is 11.8. The van der Waals surface area contributed by atoms with Crippen LogP contribution in [0.3, 0.4) is 0 Å². The molecule has 0 bridgehead atoms. The van der Waals surface area contributed by atoms with Gasteiger partial charge < -0.3 is 10.2 Å². The minimum Gasteiger partial charge on any atom is -0.339 e. The Balaban J connectivity index is 1.27. The Morgan fingerprint density at radius 1 is 0.971 bits per heavy atom. The minimum absolute atomic E-state index is 0.0216. The summed E-state index contributed by atoms with van der Waals surface area (Å²) in [6.07, 6.45) is 0. The van der Waals surface area contributed by atoms with Crippen molar-refractivity contribution in [1.29, 1.82) is 0 Å². The van der Waals surface area contributed by atoms with Gasteiger partial charge in [-0.15, -0.1) is 11.3 Å². The molecule has 2 heterocycles. The number of thiophene rings is 1. The molecule has 1 aliphatic rings. The second kappa shape index (κ2) is 11.6. The lowest BCUT2D eigenvalue weighted by molar-refractivity contribution is -0.132. The average Bonchev–Trinajstić information content (AvgIpc) is 3.38. The molecule has 1 unspecified atom stereocenters. The lowest BCUT2D eigenvalue weighted by Gasteiger charge is -2.34. The highest BCUT2D eigenvalue weighted by Gasteiger charge is 2.24. The number of piperazine rings is 1. The Bertz CT molecular complexity index is 1120. The number of halogens is 1. The first kappa shape index (κ1) is 25.0. The molecule has 0 saturated carbocycles. The second-order valence-corrected chi connectivity index (χ2v) is 9.83. The van der Waals surface area contributed by atoms with Crippen LogP contribution in [0.25, 0.3) is 0 Å². The smallest absolute Gasteiger partial charge is 0.238 e. The number of carbonyl (C=O) groups is 2. The van der Waals surface area contributed by atoms with E-state index in [9.17, 15) is 14.0 Å². The Labute approximate surface area is 209 Å². The Kier molecular flexibility index (Phi) is 8.28. The maximum Gasteiger partial charge on any atom is 0.238 e. The van der Waals surface area contributed by atoms with Crippen LogP contribution in [0, 0.1) is 19.7 Å². The maximum atomic E-state index is 13.4. The van der Waals surface area contributed by atoms with Crippen LogP contribution in [0.2, 0.25) is 0 Å². The molecule has 1 atom stereocenters. The van der Waals surface area contributed by atoms with Crippen LogP contribution >= 0.6 is 11.3 Å². The molecule has 2 aromatic carbocycles. The predicted octanol–water partition coefficient (Wildman–Crippen LogP) is 3.97. The van der Waals surface area contributed by atoms with E-state index in [1.54, 1.807) is 23.5 Å². The van der Waals surface area contributed by atoms with Crippen molar-refractivity contribution in [3.8, 4) is 0 Å². The van der Waals surface area contributed by atoms with E-state index < -0.39 is 0 Å². The first-order chi connectivity index (χ1) is 16.9. The number of nitrogens with zero attached hydrogens (tertiary/aromatic N) is 2. The highest BCUT2D eigenvalue weighted by molar-refractivity contribution is 7.10. The lowest BCUT2D eigenvalue weighted by Crippen LogP contribution is -2.52. The summed E-state index contributed by atoms with van der Waals surface area (Å²) in [7, 11) is 0. The van der Waals surface area contributed by atoms with Crippen LogP contribution in [0.1, 0.15) is 27.6 Å². The number of carbonyl (C=O) groups excluding carboxylic acids is 2. The number of hydrogen-bond donors (Lipinski definition) is 2. The fourth-order valence-corrected chi connectivity index (χ4v) is 5.17. The van der Waals surface area contributed by atoms with Gasteiger partial charge in [0.25, 0.3) is 0 Å². The van der Waals surface area contributed by atoms with Gasteiger partial charge in [0.15, 0.2) is 0 Å². The van der Waals surface area contributed by atoms with Crippen LogP contribution < -0.4 is 10.6 Å². The average molecular weight is 495 g/mol. The number of aryl methyl sites for hydroxylation is 2. The summed E-state index contributed by atoms with van der Waals surface area (Å²) >= 11 is 1.60. The molecule has 0 spiro atoms. The number of rotatable bonds is 8. The number of nitrogens with one attached hydrogen (secondary N) is 2. The molecule has 8 heteroatoms. The quantitative estimate of drug-likeness (QED) is 0.498. The summed E-state index contributed by atoms with van der Waals surface area (Å²) in [6.45, 7) is 6.93. The third kappa shape index (κ3) is 6.54. The summed E-state index contributed by atoms with van der Waals surface area (Å²) in [6, 6.07) is 16.1. The molecule has 2 amide bonds. The summed E-state index contributed by atoms with van der Waals surface area (Å²) in [5.74, 6) is -0.300. The van der Waals surface area contributed by atoms with Crippen molar-refractivity contribution in [2.45, 2.75) is 19.9 Å². The molecule has 0 aliphatic carbocycles. The Morgan fingerprint density at radius 3 is 2.29 bits per heavy atom. The van der Waals surface area contributed by atoms with E-state index in [0.717, 1.165) is 27.3 Å². The van der Waals surface area contributed by atoms with Gasteiger partial charge in [0, 0.05) is 36.7 Å². The van der Waals surface area contributed by atoms with Gasteiger partial charge in [-0.2, -0.15) is 0 Å². The molecule has 1 aliphatic heterocycles. The van der Waals surface area contributed by atoms with Crippen molar-refractivity contribution in [3.63, 3.8) is 0 Å². The number of anilines is 1. The topological polar surface area (TPSA) is 64.7 Å². The molecule has 1 fully saturated rings. The van der Waals surface area contributed by atoms with E-state index in [1.165, 1.54) is 12.1 Å². The van der Waals surface area contributed by atoms with Gasteiger partial charge in [-0.3, -0.25) is 19.8 Å². The first-order valence-corrected chi connectivity index (χ1v) is 12.7. The molecular formula is C27H31FN4O2S. The van der Waals surface area contributed by atoms with Gasteiger partial charge >= 0.3 is 0 Å². The molecule has 3 aromatic rings. The van der Waals surface area contributed by atoms with E-state index >= 15 is 0 Å². The van der Waals surface area contributed by atoms with E-state index in [4.69, 9.17) is 0 Å². The molecular weight excluding hydrogens is 463 g/mol. The van der Waals surface area contributed by atoms with Crippen molar-refractivity contribution >= 4 is 28.8 Å². The lowest BCUT2D eigenvalue weighted by atomic mass is 10.1. The number of hydrogen-bond acceptors (Lipinski definition) is 5. The Hall–Kier alpha value is -3.07. The number of para-hydroxylation sites is 1. The largest absolute Gasteiger partial charge is 0.339 e. The van der Waals surface area contributed by atoms with Crippen molar-refractivity contribution < 1.29 is 14.0 Å². The predicted molar refractivity (Wildman–Crippen MR) is 138 cm³/mol. The molecule has 0 radical (unpaired) electrons. The molecule has 35 heavy (non-hydrogen) atoms. The minimum atomic E-state index is -0.282. The van der Waals surface area contributed by atoms with E-state index in [0.29, 0.717) is 32.7 Å². The maximum absolute atomic E-state index is 13.4. The van der Waals surface area contributed by atoms with Crippen molar-refractivity contribution in [1.82, 2.24) is 15.1 Å². The van der Waals surface area contributed by atoms with Gasteiger partial charge in [0.2, 0.25) is 11.8 Å². The van der Waals surface area contributed by atoms with E-state index in [-0.39, 0.29) is 30.2 Å². The Morgan fingerprint density at radius 2 is 1.66 bits per heavy atom. The molecule has 2 N–H and O–H groups in total. The standard InChI is InChI=1S/C27H31FN4O2S/c1-19-5-3-6-20(2)26(19)30-24(33)18-31-12-14-32(15-13-31)25(34)17-29-27(23-7-4-16-35-23)21-8-10-22(28)11-9-21/h3-11,16,27,29H,12-15,17-18H2,1-2H3,(H,30,33). The van der Waals surface area contributed by atoms with Crippen molar-refractivity contribution in [2.24, 2.45) is 0 Å². The highest BCUT2D eigenvalue weighted by atomic mass is 32.1. The van der Waals surface area contributed by atoms with Crippen LogP contribution in [0.5, 0.6) is 0 Å². The van der Waals surface area contributed by atoms with Crippen LogP contribution in [-0.2, 0) is 9.59 Å². The van der Waals surface area contributed by atoms with Gasteiger partial charge in [-0.05, 0) is 54.1 Å². The zero-order valence-corrected chi connectivity index (χ0v) is 20.9. The van der Waals surface area contributed by atoms with Crippen molar-refractivity contribution in [2.75, 3.05) is 44.6 Å². The van der Waals surface area contributed by atoms with E-state index in [1.807, 2.05) is 54.5 Å². The van der Waals surface area contributed by atoms with Gasteiger partial charge in [-0.1, -0.05) is 36.4 Å². The molecule has 1 saturated heterocycles. The molecule has 4 rings (SSSR count). The molecule has 1 aromatic heterocycles. The van der Waals surface area contributed by atoms with Crippen LogP contribution in [0.15, 0.2) is 60.0 Å². The third-order valence-electron chi connectivity index (χ3n) is 6.33. The summed E-state index contributed by atoms with van der Waals surface area (Å²) in [4.78, 5) is 30.5. The van der Waals surface area contributed by atoms with Gasteiger partial charge in [0.05, 0.1) is 19.1 Å². The zero-order chi connectivity index (χ0) is 24.8. The van der Waals surface area contributed by atoms with E-state index in [2.05, 4.69) is 15.5 Å². The number of benzene rings is 2. The van der Waals surface area contributed by atoms with Gasteiger partial charge in [0.1, 0.15) is 5.82 Å². The fraction of sp³-hybridized carbons (Fsp3) is 0.333. The molecule has 184 valence electrons. The highest BCUT2D eigenvalue weighted by Crippen LogP contribution is 2.26. The van der Waals surface area contributed by atoms with Gasteiger partial charge in [-0.25, -0.2) is 4.39 Å². The summed E-state index contributed by atoms with van der Waals surface area (Å²) in [5.41, 5.74) is 3.88. The SMILES string of the molecule is Cc1cccc(C)c1NC(=O)CN1CCN(C(=O)CNC(c2ccc(F)cc2)c2cccs2)CC1. The van der Waals surface area contributed by atoms with Crippen molar-refractivity contribution in [3.05, 3.63) is 87.4 Å². The zero-order valence-electron chi connectivity index (χ0n) is 20.1. The molecule has 6 nitrogen and oxygen atoms in total. The summed E-state index contributed by atoms with van der Waals surface area (Å²) < 4.78 is 13.4. The fourth-order valence-electron chi connectivity index (χ4n) is 4.34. The monoisotopic (exact) mass is 494 g/mol. The van der Waals surface area contributed by atoms with Crippen LogP contribution in [0.4, 0.5) is 10.1 Å². The third-order valence-corrected chi connectivity index (χ3v) is 7.26. The summed E-state index contributed by atoms with van der Waals surface area (Å²) in [5, 5.41) is 8.38. The second-order valence-electron chi connectivity index (χ2n) is 8.85.